The monoisotopic (exact) mass is 504 g/mol. The van der Waals surface area contributed by atoms with Crippen molar-refractivity contribution in [2.45, 2.75) is 13.5 Å². The highest BCUT2D eigenvalue weighted by atomic mass is 79.9. The molecule has 0 bridgehead atoms. The van der Waals surface area contributed by atoms with Gasteiger partial charge in [-0.25, -0.2) is 0 Å². The highest BCUT2D eigenvalue weighted by Crippen LogP contribution is 2.25. The first-order chi connectivity index (χ1) is 16.0. The van der Waals surface area contributed by atoms with Crippen molar-refractivity contribution in [3.05, 3.63) is 112 Å². The predicted molar refractivity (Wildman–Crippen MR) is 129 cm³/mol. The van der Waals surface area contributed by atoms with Crippen LogP contribution in [0.2, 0.25) is 0 Å². The molecular formula is C26H21BrN2O4. The van der Waals surface area contributed by atoms with Gasteiger partial charge in [0.15, 0.2) is 0 Å². The summed E-state index contributed by atoms with van der Waals surface area (Å²) >= 11 is 3.42. The number of hydrogen-bond acceptors (Lipinski definition) is 4. The molecule has 7 heteroatoms. The second-order valence-electron chi connectivity index (χ2n) is 7.35. The van der Waals surface area contributed by atoms with Gasteiger partial charge < -0.3 is 19.5 Å². The lowest BCUT2D eigenvalue weighted by Gasteiger charge is -2.10. The normalized spacial score (nSPS) is 11.3. The van der Waals surface area contributed by atoms with Gasteiger partial charge in [-0.2, -0.15) is 0 Å². The number of carbonyl (C=O) groups is 2. The van der Waals surface area contributed by atoms with Crippen LogP contribution in [0.25, 0.3) is 17.4 Å². The van der Waals surface area contributed by atoms with Crippen LogP contribution in [0.1, 0.15) is 27.4 Å². The van der Waals surface area contributed by atoms with Crippen LogP contribution in [-0.2, 0) is 11.3 Å². The molecule has 2 N–H and O–H groups in total. The Balaban J connectivity index is 1.57. The fraction of sp³-hybridized carbons (Fsp3) is 0.0769. The van der Waals surface area contributed by atoms with Crippen molar-refractivity contribution in [3.63, 3.8) is 0 Å². The molecule has 2 amide bonds. The standard InChI is InChI=1S/C26H21BrN2O4/c1-17-4-6-19(7-5-17)25(30)29-23(26(31)28-16-22-3-2-14-32-22)15-21-12-13-24(33-21)18-8-10-20(27)11-9-18/h2-15H,16H2,1H3,(H,28,31)(H,29,30)/b23-15-. The molecule has 0 aliphatic heterocycles. The first-order valence-corrected chi connectivity index (χ1v) is 11.0. The molecule has 0 saturated carbocycles. The summed E-state index contributed by atoms with van der Waals surface area (Å²) in [6.45, 7) is 2.13. The third kappa shape index (κ3) is 5.90. The maximum absolute atomic E-state index is 12.9. The summed E-state index contributed by atoms with van der Waals surface area (Å²) in [5, 5.41) is 5.45. The number of hydrogen-bond donors (Lipinski definition) is 2. The van der Waals surface area contributed by atoms with E-state index in [0.29, 0.717) is 22.8 Å². The molecule has 4 aromatic rings. The van der Waals surface area contributed by atoms with Crippen molar-refractivity contribution in [2.75, 3.05) is 0 Å². The van der Waals surface area contributed by atoms with Gasteiger partial charge in [-0.05, 0) is 55.5 Å². The van der Waals surface area contributed by atoms with Gasteiger partial charge >= 0.3 is 0 Å². The predicted octanol–water partition coefficient (Wildman–Crippen LogP) is 5.70. The lowest BCUT2D eigenvalue weighted by atomic mass is 10.1. The second kappa shape index (κ2) is 10.2. The number of furan rings is 2. The fourth-order valence-corrected chi connectivity index (χ4v) is 3.34. The van der Waals surface area contributed by atoms with Gasteiger partial charge in [-0.15, -0.1) is 0 Å². The molecule has 0 radical (unpaired) electrons. The minimum atomic E-state index is -0.464. The molecular weight excluding hydrogens is 484 g/mol. The molecule has 0 aliphatic carbocycles. The SMILES string of the molecule is Cc1ccc(C(=O)N/C(=C\c2ccc(-c3ccc(Br)cc3)o2)C(=O)NCc2ccco2)cc1. The number of benzene rings is 2. The molecule has 2 aromatic carbocycles. The molecule has 4 rings (SSSR count). The van der Waals surface area contributed by atoms with E-state index in [-0.39, 0.29) is 12.2 Å². The molecule has 166 valence electrons. The van der Waals surface area contributed by atoms with Gasteiger partial charge in [0, 0.05) is 21.7 Å². The Bertz CT molecular complexity index is 1270. The molecule has 0 fully saturated rings. The van der Waals surface area contributed by atoms with Crippen molar-refractivity contribution in [1.29, 1.82) is 0 Å². The van der Waals surface area contributed by atoms with Gasteiger partial charge in [-0.3, -0.25) is 9.59 Å². The van der Waals surface area contributed by atoms with Crippen LogP contribution >= 0.6 is 15.9 Å². The summed E-state index contributed by atoms with van der Waals surface area (Å²) < 4.78 is 12.1. The molecule has 2 aromatic heterocycles. The molecule has 0 atom stereocenters. The van der Waals surface area contributed by atoms with Gasteiger partial charge in [0.2, 0.25) is 0 Å². The average Bonchev–Trinajstić information content (AvgIpc) is 3.50. The largest absolute Gasteiger partial charge is 0.467 e. The minimum Gasteiger partial charge on any atom is -0.467 e. The zero-order chi connectivity index (χ0) is 23.2. The van der Waals surface area contributed by atoms with Crippen LogP contribution in [-0.4, -0.2) is 11.8 Å². The van der Waals surface area contributed by atoms with Crippen molar-refractivity contribution >= 4 is 33.8 Å². The van der Waals surface area contributed by atoms with Crippen LogP contribution in [0.4, 0.5) is 0 Å². The molecule has 0 aliphatic rings. The Labute approximate surface area is 199 Å². The molecule has 0 spiro atoms. The topological polar surface area (TPSA) is 84.5 Å². The molecule has 6 nitrogen and oxygen atoms in total. The Hall–Kier alpha value is -3.84. The lowest BCUT2D eigenvalue weighted by molar-refractivity contribution is -0.118. The van der Waals surface area contributed by atoms with E-state index in [0.717, 1.165) is 15.6 Å². The van der Waals surface area contributed by atoms with Gasteiger partial charge in [0.1, 0.15) is 23.0 Å². The van der Waals surface area contributed by atoms with Crippen LogP contribution in [0, 0.1) is 6.92 Å². The summed E-state index contributed by atoms with van der Waals surface area (Å²) in [4.78, 5) is 25.7. The number of rotatable bonds is 7. The van der Waals surface area contributed by atoms with Crippen molar-refractivity contribution in [2.24, 2.45) is 0 Å². The summed E-state index contributed by atoms with van der Waals surface area (Å²) in [6.07, 6.45) is 3.04. The third-order valence-electron chi connectivity index (χ3n) is 4.85. The van der Waals surface area contributed by atoms with Crippen molar-refractivity contribution < 1.29 is 18.4 Å². The van der Waals surface area contributed by atoms with E-state index >= 15 is 0 Å². The molecule has 2 heterocycles. The highest BCUT2D eigenvalue weighted by molar-refractivity contribution is 9.10. The summed E-state index contributed by atoms with van der Waals surface area (Å²) in [6, 6.07) is 21.8. The summed E-state index contributed by atoms with van der Waals surface area (Å²) in [5.41, 5.74) is 2.43. The minimum absolute atomic E-state index is 0.0591. The average molecular weight is 505 g/mol. The number of halogens is 1. The van der Waals surface area contributed by atoms with Crippen LogP contribution in [0.5, 0.6) is 0 Å². The van der Waals surface area contributed by atoms with E-state index in [9.17, 15) is 9.59 Å². The Morgan fingerprint density at radius 3 is 2.42 bits per heavy atom. The molecule has 33 heavy (non-hydrogen) atoms. The van der Waals surface area contributed by atoms with Crippen LogP contribution in [0.3, 0.4) is 0 Å². The van der Waals surface area contributed by atoms with E-state index in [2.05, 4.69) is 26.6 Å². The maximum Gasteiger partial charge on any atom is 0.268 e. The van der Waals surface area contributed by atoms with Gasteiger partial charge in [0.25, 0.3) is 11.8 Å². The Kier molecular flexibility index (Phi) is 6.90. The Morgan fingerprint density at radius 1 is 0.970 bits per heavy atom. The number of amides is 2. The number of nitrogens with one attached hydrogen (secondary N) is 2. The van der Waals surface area contributed by atoms with E-state index < -0.39 is 11.8 Å². The summed E-state index contributed by atoms with van der Waals surface area (Å²) in [5.74, 6) is 0.819. The quantitative estimate of drug-likeness (QED) is 0.316. The lowest BCUT2D eigenvalue weighted by Crippen LogP contribution is -2.34. The first kappa shape index (κ1) is 22.4. The van der Waals surface area contributed by atoms with Crippen LogP contribution < -0.4 is 10.6 Å². The van der Waals surface area contributed by atoms with Gasteiger partial charge in [0.05, 0.1) is 12.8 Å². The first-order valence-electron chi connectivity index (χ1n) is 10.2. The smallest absolute Gasteiger partial charge is 0.268 e. The number of carbonyl (C=O) groups excluding carboxylic acids is 2. The second-order valence-corrected chi connectivity index (χ2v) is 8.26. The summed E-state index contributed by atoms with van der Waals surface area (Å²) in [7, 11) is 0. The zero-order valence-corrected chi connectivity index (χ0v) is 19.4. The van der Waals surface area contributed by atoms with E-state index in [1.807, 2.05) is 49.4 Å². The maximum atomic E-state index is 12.9. The van der Waals surface area contributed by atoms with E-state index in [1.165, 1.54) is 12.3 Å². The fourth-order valence-electron chi connectivity index (χ4n) is 3.08. The molecule has 0 saturated heterocycles. The zero-order valence-electron chi connectivity index (χ0n) is 17.8. The van der Waals surface area contributed by atoms with Crippen molar-refractivity contribution in [1.82, 2.24) is 10.6 Å². The van der Waals surface area contributed by atoms with Gasteiger partial charge in [-0.1, -0.05) is 45.8 Å². The Morgan fingerprint density at radius 2 is 1.73 bits per heavy atom. The van der Waals surface area contributed by atoms with Crippen LogP contribution in [0.15, 0.2) is 98.1 Å². The highest BCUT2D eigenvalue weighted by Gasteiger charge is 2.16. The molecule has 0 unspecified atom stereocenters. The van der Waals surface area contributed by atoms with E-state index in [1.54, 1.807) is 30.3 Å². The third-order valence-corrected chi connectivity index (χ3v) is 5.38. The van der Waals surface area contributed by atoms with Crippen molar-refractivity contribution in [3.8, 4) is 11.3 Å². The van der Waals surface area contributed by atoms with E-state index in [4.69, 9.17) is 8.83 Å². The number of aryl methyl sites for hydroxylation is 1.